The summed E-state index contributed by atoms with van der Waals surface area (Å²) >= 11 is 0. The lowest BCUT2D eigenvalue weighted by Gasteiger charge is -2.05. The normalized spacial score (nSPS) is 9.27. The van der Waals surface area contributed by atoms with E-state index >= 15 is 0 Å². The maximum atomic E-state index is 7.17. The van der Waals surface area contributed by atoms with Gasteiger partial charge in [0.2, 0.25) is 0 Å². The summed E-state index contributed by atoms with van der Waals surface area (Å²) in [6.07, 6.45) is 0. The van der Waals surface area contributed by atoms with Gasteiger partial charge in [-0.15, -0.1) is 0 Å². The number of ether oxygens (including phenoxy) is 1. The fourth-order valence-electron chi connectivity index (χ4n) is 0.989. The van der Waals surface area contributed by atoms with Gasteiger partial charge in [0, 0.05) is 0 Å². The first-order chi connectivity index (χ1) is 6.97. The molecule has 0 bridgehead atoms. The number of rotatable bonds is 2. The molecule has 15 heavy (non-hydrogen) atoms. The van der Waals surface area contributed by atoms with Gasteiger partial charge in [-0.05, 0) is 23.6 Å². The van der Waals surface area contributed by atoms with E-state index in [2.05, 4.69) is 26.0 Å². The smallest absolute Gasteiger partial charge is 0.497 e. The Morgan fingerprint density at radius 1 is 1.07 bits per heavy atom. The van der Waals surface area contributed by atoms with Crippen molar-refractivity contribution in [2.75, 3.05) is 7.11 Å². The molecule has 1 aromatic carbocycles. The SMILES string of the molecule is COc1ccc(C(C)C)cc1.OB(O)O. The van der Waals surface area contributed by atoms with E-state index in [1.54, 1.807) is 7.11 Å². The highest BCUT2D eigenvalue weighted by Gasteiger charge is 1.97. The summed E-state index contributed by atoms with van der Waals surface area (Å²) in [5.74, 6) is 1.52. The molecule has 0 saturated heterocycles. The summed E-state index contributed by atoms with van der Waals surface area (Å²) in [4.78, 5) is 0. The van der Waals surface area contributed by atoms with E-state index in [9.17, 15) is 0 Å². The molecule has 1 aromatic rings. The van der Waals surface area contributed by atoms with Gasteiger partial charge in [-0.1, -0.05) is 26.0 Å². The first-order valence-electron chi connectivity index (χ1n) is 4.65. The zero-order valence-electron chi connectivity index (χ0n) is 9.21. The van der Waals surface area contributed by atoms with Crippen molar-refractivity contribution < 1.29 is 19.8 Å². The topological polar surface area (TPSA) is 69.9 Å². The molecule has 1 rings (SSSR count). The third kappa shape index (κ3) is 6.96. The summed E-state index contributed by atoms with van der Waals surface area (Å²) < 4.78 is 5.05. The van der Waals surface area contributed by atoms with Crippen LogP contribution in [0.5, 0.6) is 5.75 Å². The molecule has 3 N–H and O–H groups in total. The second-order valence-corrected chi connectivity index (χ2v) is 3.27. The fourth-order valence-corrected chi connectivity index (χ4v) is 0.989. The van der Waals surface area contributed by atoms with Crippen LogP contribution in [0.2, 0.25) is 0 Å². The Balaban J connectivity index is 0.000000423. The van der Waals surface area contributed by atoms with Gasteiger partial charge in [0.05, 0.1) is 7.11 Å². The zero-order valence-corrected chi connectivity index (χ0v) is 9.21. The molecule has 0 radical (unpaired) electrons. The minimum Gasteiger partial charge on any atom is -0.497 e. The van der Waals surface area contributed by atoms with E-state index in [1.165, 1.54) is 5.56 Å². The van der Waals surface area contributed by atoms with Crippen LogP contribution in [0.4, 0.5) is 0 Å². The lowest BCUT2D eigenvalue weighted by Crippen LogP contribution is -2.07. The third-order valence-corrected chi connectivity index (χ3v) is 1.78. The summed E-state index contributed by atoms with van der Waals surface area (Å²) in [6.45, 7) is 4.36. The van der Waals surface area contributed by atoms with Gasteiger partial charge in [-0.2, -0.15) is 0 Å². The molecule has 0 saturated carbocycles. The summed E-state index contributed by atoms with van der Waals surface area (Å²) in [5.41, 5.74) is 1.35. The predicted octanol–water partition coefficient (Wildman–Crippen LogP) is 0.767. The number of hydrogen-bond acceptors (Lipinski definition) is 4. The van der Waals surface area contributed by atoms with Crippen molar-refractivity contribution in [3.05, 3.63) is 29.8 Å². The van der Waals surface area contributed by atoms with Gasteiger partial charge in [0.25, 0.3) is 0 Å². The molecule has 0 unspecified atom stereocenters. The molecule has 0 heterocycles. The van der Waals surface area contributed by atoms with Crippen LogP contribution in [-0.2, 0) is 0 Å². The van der Waals surface area contributed by atoms with Crippen LogP contribution in [0.1, 0.15) is 25.3 Å². The Morgan fingerprint density at radius 2 is 1.47 bits per heavy atom. The van der Waals surface area contributed by atoms with E-state index in [1.807, 2.05) is 12.1 Å². The Hall–Kier alpha value is -1.04. The zero-order chi connectivity index (χ0) is 11.8. The molecule has 0 atom stereocenters. The van der Waals surface area contributed by atoms with Crippen molar-refractivity contribution in [2.24, 2.45) is 0 Å². The molecule has 0 aromatic heterocycles. The minimum absolute atomic E-state index is 0.598. The highest BCUT2D eigenvalue weighted by atomic mass is 16.5. The molecule has 4 nitrogen and oxygen atoms in total. The van der Waals surface area contributed by atoms with E-state index < -0.39 is 7.32 Å². The number of methoxy groups -OCH3 is 1. The first-order valence-corrected chi connectivity index (χ1v) is 4.65. The molecular formula is C10H17BO4. The standard InChI is InChI=1S/C10H14O.BH3O3/c1-8(2)9-4-6-10(11-3)7-5-9;2-1(3)4/h4-8H,1-3H3;2-4H. The number of benzene rings is 1. The van der Waals surface area contributed by atoms with Crippen molar-refractivity contribution in [2.45, 2.75) is 19.8 Å². The molecular weight excluding hydrogens is 195 g/mol. The van der Waals surface area contributed by atoms with Gasteiger partial charge >= 0.3 is 7.32 Å². The van der Waals surface area contributed by atoms with Gasteiger partial charge in [-0.3, -0.25) is 0 Å². The molecule has 0 spiro atoms. The van der Waals surface area contributed by atoms with Crippen LogP contribution >= 0.6 is 0 Å². The molecule has 84 valence electrons. The molecule has 0 amide bonds. The maximum Gasteiger partial charge on any atom is 0.631 e. The Labute approximate surface area is 90.3 Å². The third-order valence-electron chi connectivity index (χ3n) is 1.78. The highest BCUT2D eigenvalue weighted by Crippen LogP contribution is 2.17. The Morgan fingerprint density at radius 3 is 1.73 bits per heavy atom. The molecule has 0 aliphatic carbocycles. The van der Waals surface area contributed by atoms with Crippen LogP contribution in [0.3, 0.4) is 0 Å². The van der Waals surface area contributed by atoms with Crippen molar-refractivity contribution in [1.82, 2.24) is 0 Å². The first kappa shape index (κ1) is 14.0. The van der Waals surface area contributed by atoms with Crippen molar-refractivity contribution in [3.8, 4) is 5.75 Å². The molecule has 5 heteroatoms. The Kier molecular flexibility index (Phi) is 6.78. The quantitative estimate of drug-likeness (QED) is 0.633. The minimum atomic E-state index is -2.17. The second kappa shape index (κ2) is 7.28. The van der Waals surface area contributed by atoms with Crippen LogP contribution in [0.15, 0.2) is 24.3 Å². The van der Waals surface area contributed by atoms with E-state index in [-0.39, 0.29) is 0 Å². The number of hydrogen-bond donors (Lipinski definition) is 3. The average molecular weight is 212 g/mol. The van der Waals surface area contributed by atoms with Crippen molar-refractivity contribution >= 4 is 7.32 Å². The van der Waals surface area contributed by atoms with E-state index in [0.29, 0.717) is 5.92 Å². The molecule has 0 fully saturated rings. The summed E-state index contributed by atoms with van der Waals surface area (Å²) in [5, 5.41) is 21.5. The highest BCUT2D eigenvalue weighted by molar-refractivity contribution is 6.30. The Bertz CT molecular complexity index is 256. The van der Waals surface area contributed by atoms with Crippen LogP contribution in [0.25, 0.3) is 0 Å². The predicted molar refractivity (Wildman–Crippen MR) is 59.5 cm³/mol. The average Bonchev–Trinajstić information content (AvgIpc) is 2.17. The summed E-state index contributed by atoms with van der Waals surface area (Å²) in [6, 6.07) is 8.19. The van der Waals surface area contributed by atoms with E-state index in [0.717, 1.165) is 5.75 Å². The lowest BCUT2D eigenvalue weighted by atomic mass is 10.0. The molecule has 0 aliphatic heterocycles. The lowest BCUT2D eigenvalue weighted by molar-refractivity contribution is 0.278. The van der Waals surface area contributed by atoms with Crippen LogP contribution in [-0.4, -0.2) is 29.5 Å². The van der Waals surface area contributed by atoms with Gasteiger partial charge in [0.1, 0.15) is 5.75 Å². The van der Waals surface area contributed by atoms with Crippen LogP contribution in [0, 0.1) is 0 Å². The van der Waals surface area contributed by atoms with E-state index in [4.69, 9.17) is 19.8 Å². The largest absolute Gasteiger partial charge is 0.631 e. The molecule has 0 aliphatic rings. The van der Waals surface area contributed by atoms with Gasteiger partial charge < -0.3 is 19.8 Å². The van der Waals surface area contributed by atoms with Gasteiger partial charge in [0.15, 0.2) is 0 Å². The van der Waals surface area contributed by atoms with Crippen LogP contribution < -0.4 is 4.74 Å². The van der Waals surface area contributed by atoms with Crippen molar-refractivity contribution in [3.63, 3.8) is 0 Å². The van der Waals surface area contributed by atoms with Gasteiger partial charge in [-0.25, -0.2) is 0 Å². The summed E-state index contributed by atoms with van der Waals surface area (Å²) in [7, 11) is -0.482. The van der Waals surface area contributed by atoms with Crippen molar-refractivity contribution in [1.29, 1.82) is 0 Å². The fraction of sp³-hybridized carbons (Fsp3) is 0.400. The second-order valence-electron chi connectivity index (χ2n) is 3.27. The monoisotopic (exact) mass is 212 g/mol. The maximum absolute atomic E-state index is 7.17.